The van der Waals surface area contributed by atoms with Gasteiger partial charge in [0.1, 0.15) is 5.75 Å². The zero-order chi connectivity index (χ0) is 10.7. The summed E-state index contributed by atoms with van der Waals surface area (Å²) in [6, 6.07) is 5.34. The Labute approximate surface area is 87.8 Å². The van der Waals surface area contributed by atoms with Crippen molar-refractivity contribution in [3.8, 4) is 5.75 Å². The van der Waals surface area contributed by atoms with E-state index in [1.807, 2.05) is 13.0 Å². The van der Waals surface area contributed by atoms with Gasteiger partial charge in [0.25, 0.3) is 5.91 Å². The van der Waals surface area contributed by atoms with Gasteiger partial charge in [0, 0.05) is 0 Å². The molecule has 0 aromatic heterocycles. The van der Waals surface area contributed by atoms with E-state index < -0.39 is 12.0 Å². The van der Waals surface area contributed by atoms with Crippen molar-refractivity contribution in [3.05, 3.63) is 28.8 Å². The molecule has 1 unspecified atom stereocenters. The van der Waals surface area contributed by atoms with Gasteiger partial charge in [-0.05, 0) is 31.5 Å². The predicted octanol–water partition coefficient (Wildman–Crippen LogP) is 1.90. The number of primary amides is 1. The van der Waals surface area contributed by atoms with Crippen LogP contribution in [-0.2, 0) is 4.79 Å². The van der Waals surface area contributed by atoms with Crippen LogP contribution >= 0.6 is 11.6 Å². The lowest BCUT2D eigenvalue weighted by atomic mass is 10.2. The molecule has 1 aromatic rings. The second kappa shape index (κ2) is 4.33. The fourth-order valence-corrected chi connectivity index (χ4v) is 1.23. The lowest BCUT2D eigenvalue weighted by Gasteiger charge is -2.12. The smallest absolute Gasteiger partial charge is 0.258 e. The Hall–Kier alpha value is -1.22. The Morgan fingerprint density at radius 1 is 1.57 bits per heavy atom. The van der Waals surface area contributed by atoms with Crippen molar-refractivity contribution >= 4 is 17.5 Å². The molecule has 0 saturated heterocycles. The molecule has 0 saturated carbocycles. The molecule has 14 heavy (non-hydrogen) atoms. The number of benzene rings is 1. The number of halogens is 1. The van der Waals surface area contributed by atoms with Gasteiger partial charge in [0.05, 0.1) is 5.02 Å². The quantitative estimate of drug-likeness (QED) is 0.834. The van der Waals surface area contributed by atoms with Crippen molar-refractivity contribution < 1.29 is 9.53 Å². The lowest BCUT2D eigenvalue weighted by Crippen LogP contribution is -2.30. The summed E-state index contributed by atoms with van der Waals surface area (Å²) in [4.78, 5) is 10.7. The molecule has 0 aliphatic rings. The average molecular weight is 214 g/mol. The van der Waals surface area contributed by atoms with Crippen LogP contribution in [0.4, 0.5) is 0 Å². The molecule has 0 heterocycles. The van der Waals surface area contributed by atoms with E-state index in [1.54, 1.807) is 19.1 Å². The van der Waals surface area contributed by atoms with Gasteiger partial charge in [-0.3, -0.25) is 4.79 Å². The highest BCUT2D eigenvalue weighted by molar-refractivity contribution is 6.32. The van der Waals surface area contributed by atoms with Crippen molar-refractivity contribution in [1.29, 1.82) is 0 Å². The molecule has 1 aromatic carbocycles. The molecule has 1 rings (SSSR count). The minimum atomic E-state index is -0.671. The van der Waals surface area contributed by atoms with Crippen molar-refractivity contribution in [2.24, 2.45) is 5.73 Å². The van der Waals surface area contributed by atoms with Gasteiger partial charge in [-0.2, -0.15) is 0 Å². The third-order valence-corrected chi connectivity index (χ3v) is 2.09. The summed E-state index contributed by atoms with van der Waals surface area (Å²) >= 11 is 5.90. The fraction of sp³-hybridized carbons (Fsp3) is 0.300. The first-order valence-electron chi connectivity index (χ1n) is 4.23. The van der Waals surface area contributed by atoms with Crippen LogP contribution in [0.2, 0.25) is 5.02 Å². The van der Waals surface area contributed by atoms with Gasteiger partial charge in [0.2, 0.25) is 0 Å². The largest absolute Gasteiger partial charge is 0.479 e. The monoisotopic (exact) mass is 213 g/mol. The van der Waals surface area contributed by atoms with Crippen LogP contribution in [0.5, 0.6) is 5.75 Å². The summed E-state index contributed by atoms with van der Waals surface area (Å²) in [7, 11) is 0. The van der Waals surface area contributed by atoms with Gasteiger partial charge in [-0.25, -0.2) is 0 Å². The standard InChI is InChI=1S/C10H12ClNO2/c1-6-3-4-9(8(11)5-6)14-7(2)10(12)13/h3-5,7H,1-2H3,(H2,12,13). The normalized spacial score (nSPS) is 12.2. The van der Waals surface area contributed by atoms with Crippen LogP contribution in [0.1, 0.15) is 12.5 Å². The molecule has 1 amide bonds. The molecule has 0 spiro atoms. The Morgan fingerprint density at radius 3 is 2.71 bits per heavy atom. The number of carbonyl (C=O) groups excluding carboxylic acids is 1. The maximum absolute atomic E-state index is 10.7. The Bertz CT molecular complexity index is 352. The first-order valence-corrected chi connectivity index (χ1v) is 4.60. The molecule has 0 fully saturated rings. The van der Waals surface area contributed by atoms with E-state index in [4.69, 9.17) is 22.1 Å². The number of hydrogen-bond acceptors (Lipinski definition) is 2. The van der Waals surface area contributed by atoms with Crippen molar-refractivity contribution in [3.63, 3.8) is 0 Å². The fourth-order valence-electron chi connectivity index (χ4n) is 0.950. The molecule has 4 heteroatoms. The molecule has 0 radical (unpaired) electrons. The summed E-state index contributed by atoms with van der Waals surface area (Å²) in [5.41, 5.74) is 6.09. The van der Waals surface area contributed by atoms with E-state index in [2.05, 4.69) is 0 Å². The summed E-state index contributed by atoms with van der Waals surface area (Å²) in [5, 5.41) is 0.484. The number of hydrogen-bond donors (Lipinski definition) is 1. The number of nitrogens with two attached hydrogens (primary N) is 1. The third-order valence-electron chi connectivity index (χ3n) is 1.79. The summed E-state index contributed by atoms with van der Waals surface area (Å²) in [6.07, 6.45) is -0.671. The zero-order valence-electron chi connectivity index (χ0n) is 8.08. The van der Waals surface area contributed by atoms with Crippen LogP contribution in [0.15, 0.2) is 18.2 Å². The first-order chi connectivity index (χ1) is 6.50. The molecule has 1 atom stereocenters. The van der Waals surface area contributed by atoms with Gasteiger partial charge >= 0.3 is 0 Å². The van der Waals surface area contributed by atoms with Gasteiger partial charge in [-0.15, -0.1) is 0 Å². The highest BCUT2D eigenvalue weighted by atomic mass is 35.5. The molecule has 0 bridgehead atoms. The minimum Gasteiger partial charge on any atom is -0.479 e. The number of aryl methyl sites for hydroxylation is 1. The number of carbonyl (C=O) groups is 1. The Balaban J connectivity index is 2.82. The van der Waals surface area contributed by atoms with Crippen LogP contribution in [-0.4, -0.2) is 12.0 Å². The van der Waals surface area contributed by atoms with Crippen LogP contribution in [0.25, 0.3) is 0 Å². The topological polar surface area (TPSA) is 52.3 Å². The average Bonchev–Trinajstić information content (AvgIpc) is 2.09. The van der Waals surface area contributed by atoms with Crippen LogP contribution in [0.3, 0.4) is 0 Å². The van der Waals surface area contributed by atoms with E-state index in [1.165, 1.54) is 0 Å². The highest BCUT2D eigenvalue weighted by Crippen LogP contribution is 2.25. The van der Waals surface area contributed by atoms with Crippen LogP contribution < -0.4 is 10.5 Å². The number of rotatable bonds is 3. The molecule has 2 N–H and O–H groups in total. The predicted molar refractivity (Wildman–Crippen MR) is 55.5 cm³/mol. The minimum absolute atomic E-state index is 0.476. The van der Waals surface area contributed by atoms with E-state index in [0.29, 0.717) is 10.8 Å². The van der Waals surface area contributed by atoms with E-state index in [0.717, 1.165) is 5.56 Å². The molecular weight excluding hydrogens is 202 g/mol. The van der Waals surface area contributed by atoms with Crippen molar-refractivity contribution in [2.45, 2.75) is 20.0 Å². The summed E-state index contributed by atoms with van der Waals surface area (Å²) in [5.74, 6) is -0.0368. The molecule has 0 aliphatic carbocycles. The van der Waals surface area contributed by atoms with Crippen molar-refractivity contribution in [1.82, 2.24) is 0 Å². The summed E-state index contributed by atoms with van der Waals surface area (Å²) in [6.45, 7) is 3.51. The van der Waals surface area contributed by atoms with Gasteiger partial charge in [-0.1, -0.05) is 17.7 Å². The Morgan fingerprint density at radius 2 is 2.21 bits per heavy atom. The first kappa shape index (κ1) is 10.9. The molecule has 76 valence electrons. The van der Waals surface area contributed by atoms with E-state index in [-0.39, 0.29) is 0 Å². The lowest BCUT2D eigenvalue weighted by molar-refractivity contribution is -0.123. The molecule has 3 nitrogen and oxygen atoms in total. The SMILES string of the molecule is Cc1ccc(OC(C)C(N)=O)c(Cl)c1. The number of ether oxygens (including phenoxy) is 1. The van der Waals surface area contributed by atoms with Gasteiger partial charge < -0.3 is 10.5 Å². The van der Waals surface area contributed by atoms with Crippen molar-refractivity contribution in [2.75, 3.05) is 0 Å². The number of amides is 1. The van der Waals surface area contributed by atoms with E-state index in [9.17, 15) is 4.79 Å². The highest BCUT2D eigenvalue weighted by Gasteiger charge is 2.11. The van der Waals surface area contributed by atoms with E-state index >= 15 is 0 Å². The second-order valence-electron chi connectivity index (χ2n) is 3.10. The maximum atomic E-state index is 10.7. The molecule has 0 aliphatic heterocycles. The zero-order valence-corrected chi connectivity index (χ0v) is 8.84. The Kier molecular flexibility index (Phi) is 3.36. The maximum Gasteiger partial charge on any atom is 0.258 e. The van der Waals surface area contributed by atoms with Crippen LogP contribution in [0, 0.1) is 6.92 Å². The second-order valence-corrected chi connectivity index (χ2v) is 3.50. The summed E-state index contributed by atoms with van der Waals surface area (Å²) < 4.78 is 5.26. The van der Waals surface area contributed by atoms with Gasteiger partial charge in [0.15, 0.2) is 6.10 Å². The third kappa shape index (κ3) is 2.64. The molecular formula is C10H12ClNO2.